The van der Waals surface area contributed by atoms with Crippen LogP contribution in [-0.4, -0.2) is 20.9 Å². The van der Waals surface area contributed by atoms with Gasteiger partial charge in [-0.3, -0.25) is 4.79 Å². The smallest absolute Gasteiger partial charge is 0.262 e. The van der Waals surface area contributed by atoms with Crippen LogP contribution < -0.4 is 5.32 Å². The highest BCUT2D eigenvalue weighted by molar-refractivity contribution is 8.13. The van der Waals surface area contributed by atoms with E-state index in [1.54, 1.807) is 13.0 Å². The second-order valence-electron chi connectivity index (χ2n) is 4.86. The standard InChI is InChI=1S/C14H19Cl2NO3S/c1-3-4-5-6-7-17-14(18)11-8-10(2)13(15)12(9-11)21(16,19)20/h8-9H,3-7H2,1-2H3,(H,17,18). The van der Waals surface area contributed by atoms with Gasteiger partial charge in [-0.05, 0) is 31.0 Å². The average Bonchev–Trinajstić information content (AvgIpc) is 2.39. The molecule has 0 aliphatic heterocycles. The molecule has 0 saturated heterocycles. The van der Waals surface area contributed by atoms with Crippen LogP contribution in [0.25, 0.3) is 0 Å². The molecule has 4 nitrogen and oxygen atoms in total. The molecule has 1 N–H and O–H groups in total. The summed E-state index contributed by atoms with van der Waals surface area (Å²) in [6.07, 6.45) is 4.20. The summed E-state index contributed by atoms with van der Waals surface area (Å²) in [6, 6.07) is 2.76. The van der Waals surface area contributed by atoms with Crippen molar-refractivity contribution in [2.75, 3.05) is 6.54 Å². The predicted molar refractivity (Wildman–Crippen MR) is 85.7 cm³/mol. The van der Waals surface area contributed by atoms with Gasteiger partial charge >= 0.3 is 0 Å². The van der Waals surface area contributed by atoms with Gasteiger partial charge in [-0.25, -0.2) is 8.42 Å². The van der Waals surface area contributed by atoms with Crippen LogP contribution >= 0.6 is 22.3 Å². The molecule has 0 heterocycles. The first-order valence-corrected chi connectivity index (χ1v) is 9.49. The summed E-state index contributed by atoms with van der Waals surface area (Å²) in [5, 5.41) is 2.81. The summed E-state index contributed by atoms with van der Waals surface area (Å²) in [6.45, 7) is 4.30. The summed E-state index contributed by atoms with van der Waals surface area (Å²) in [7, 11) is 1.35. The van der Waals surface area contributed by atoms with Gasteiger partial charge in [-0.1, -0.05) is 37.8 Å². The number of hydrogen-bond donors (Lipinski definition) is 1. The third-order valence-corrected chi connectivity index (χ3v) is 5.02. The van der Waals surface area contributed by atoms with E-state index in [0.717, 1.165) is 25.7 Å². The quantitative estimate of drug-likeness (QED) is 0.598. The van der Waals surface area contributed by atoms with Gasteiger partial charge in [0.05, 0.1) is 5.02 Å². The Hall–Kier alpha value is -0.780. The van der Waals surface area contributed by atoms with Crippen molar-refractivity contribution in [3.05, 3.63) is 28.3 Å². The molecule has 21 heavy (non-hydrogen) atoms. The van der Waals surface area contributed by atoms with E-state index < -0.39 is 9.05 Å². The van der Waals surface area contributed by atoms with Crippen molar-refractivity contribution >= 4 is 37.2 Å². The van der Waals surface area contributed by atoms with Gasteiger partial charge in [0.25, 0.3) is 15.0 Å². The Morgan fingerprint density at radius 1 is 1.24 bits per heavy atom. The minimum Gasteiger partial charge on any atom is -0.352 e. The zero-order valence-electron chi connectivity index (χ0n) is 12.1. The van der Waals surface area contributed by atoms with Crippen LogP contribution in [0.4, 0.5) is 0 Å². The maximum atomic E-state index is 12.0. The average molecular weight is 352 g/mol. The number of unbranched alkanes of at least 4 members (excludes halogenated alkanes) is 3. The first-order chi connectivity index (χ1) is 9.77. The van der Waals surface area contributed by atoms with Crippen LogP contribution in [-0.2, 0) is 9.05 Å². The molecule has 0 bridgehead atoms. The fraction of sp³-hybridized carbons (Fsp3) is 0.500. The van der Waals surface area contributed by atoms with E-state index in [-0.39, 0.29) is 21.4 Å². The van der Waals surface area contributed by atoms with Crippen molar-refractivity contribution in [2.45, 2.75) is 44.4 Å². The Balaban J connectivity index is 2.84. The lowest BCUT2D eigenvalue weighted by Gasteiger charge is -2.09. The monoisotopic (exact) mass is 351 g/mol. The minimum atomic E-state index is -3.98. The van der Waals surface area contributed by atoms with E-state index in [1.165, 1.54) is 6.07 Å². The van der Waals surface area contributed by atoms with Gasteiger partial charge in [0.1, 0.15) is 4.90 Å². The Morgan fingerprint density at radius 2 is 1.90 bits per heavy atom. The number of amides is 1. The summed E-state index contributed by atoms with van der Waals surface area (Å²) in [5.41, 5.74) is 0.737. The van der Waals surface area contributed by atoms with Gasteiger partial charge < -0.3 is 5.32 Å². The van der Waals surface area contributed by atoms with Crippen molar-refractivity contribution in [3.8, 4) is 0 Å². The number of halogens is 2. The molecule has 1 aromatic carbocycles. The molecule has 1 amide bonds. The minimum absolute atomic E-state index is 0.0458. The molecule has 1 aromatic rings. The zero-order valence-corrected chi connectivity index (χ0v) is 14.4. The van der Waals surface area contributed by atoms with Gasteiger partial charge in [0.15, 0.2) is 0 Å². The van der Waals surface area contributed by atoms with Crippen molar-refractivity contribution in [1.82, 2.24) is 5.32 Å². The van der Waals surface area contributed by atoms with Crippen LogP contribution in [0.15, 0.2) is 17.0 Å². The molecular weight excluding hydrogens is 333 g/mol. The zero-order chi connectivity index (χ0) is 16.0. The van der Waals surface area contributed by atoms with Crippen LogP contribution in [0.3, 0.4) is 0 Å². The number of aryl methyl sites for hydroxylation is 1. The summed E-state index contributed by atoms with van der Waals surface area (Å²) < 4.78 is 22.9. The topological polar surface area (TPSA) is 63.2 Å². The van der Waals surface area contributed by atoms with Crippen LogP contribution in [0.1, 0.15) is 48.5 Å². The van der Waals surface area contributed by atoms with E-state index in [4.69, 9.17) is 22.3 Å². The first kappa shape index (κ1) is 18.3. The van der Waals surface area contributed by atoms with Gasteiger partial charge in [-0.15, -0.1) is 0 Å². The number of rotatable bonds is 7. The van der Waals surface area contributed by atoms with Crippen molar-refractivity contribution < 1.29 is 13.2 Å². The molecular formula is C14H19Cl2NO3S. The van der Waals surface area contributed by atoms with Crippen molar-refractivity contribution in [1.29, 1.82) is 0 Å². The molecule has 0 spiro atoms. The number of nitrogens with one attached hydrogen (secondary N) is 1. The Kier molecular flexibility index (Phi) is 6.97. The second kappa shape index (κ2) is 8.01. The molecule has 1 rings (SSSR count). The molecule has 118 valence electrons. The van der Waals surface area contributed by atoms with Crippen LogP contribution in [0, 0.1) is 6.92 Å². The van der Waals surface area contributed by atoms with E-state index in [2.05, 4.69) is 12.2 Å². The number of carbonyl (C=O) groups excluding carboxylic acids is 1. The maximum Gasteiger partial charge on any atom is 0.262 e. The lowest BCUT2D eigenvalue weighted by Crippen LogP contribution is -2.24. The Bertz CT molecular complexity index is 615. The number of benzene rings is 1. The second-order valence-corrected chi connectivity index (χ2v) is 7.77. The molecule has 0 aromatic heterocycles. The largest absolute Gasteiger partial charge is 0.352 e. The molecule has 0 saturated carbocycles. The van der Waals surface area contributed by atoms with E-state index in [0.29, 0.717) is 12.1 Å². The summed E-state index contributed by atoms with van der Waals surface area (Å²) in [4.78, 5) is 11.8. The highest BCUT2D eigenvalue weighted by Gasteiger charge is 2.19. The predicted octanol–water partition coefficient (Wildman–Crippen LogP) is 3.89. The summed E-state index contributed by atoms with van der Waals surface area (Å²) >= 11 is 5.92. The molecule has 0 unspecified atom stereocenters. The number of hydrogen-bond acceptors (Lipinski definition) is 3. The normalized spacial score (nSPS) is 11.4. The van der Waals surface area contributed by atoms with Crippen molar-refractivity contribution in [3.63, 3.8) is 0 Å². The molecule has 7 heteroatoms. The Labute approximate surface area is 135 Å². The lowest BCUT2D eigenvalue weighted by atomic mass is 10.1. The fourth-order valence-corrected chi connectivity index (χ4v) is 3.44. The van der Waals surface area contributed by atoms with E-state index >= 15 is 0 Å². The number of carbonyl (C=O) groups is 1. The van der Waals surface area contributed by atoms with Gasteiger partial charge in [-0.2, -0.15) is 0 Å². The third-order valence-electron chi connectivity index (χ3n) is 3.06. The molecule has 0 radical (unpaired) electrons. The highest BCUT2D eigenvalue weighted by atomic mass is 35.7. The van der Waals surface area contributed by atoms with E-state index in [9.17, 15) is 13.2 Å². The first-order valence-electron chi connectivity index (χ1n) is 6.80. The maximum absolute atomic E-state index is 12.0. The molecule has 0 aliphatic carbocycles. The van der Waals surface area contributed by atoms with Crippen molar-refractivity contribution in [2.24, 2.45) is 0 Å². The van der Waals surface area contributed by atoms with Gasteiger partial charge in [0, 0.05) is 22.8 Å². The SMILES string of the molecule is CCCCCCNC(=O)c1cc(C)c(Cl)c(S(=O)(=O)Cl)c1. The fourth-order valence-electron chi connectivity index (χ4n) is 1.90. The van der Waals surface area contributed by atoms with Crippen LogP contribution in [0.5, 0.6) is 0 Å². The third kappa shape index (κ3) is 5.49. The van der Waals surface area contributed by atoms with Gasteiger partial charge in [0.2, 0.25) is 0 Å². The lowest BCUT2D eigenvalue weighted by molar-refractivity contribution is 0.0952. The summed E-state index contributed by atoms with van der Waals surface area (Å²) in [5.74, 6) is -0.326. The molecule has 0 atom stereocenters. The highest BCUT2D eigenvalue weighted by Crippen LogP contribution is 2.29. The van der Waals surface area contributed by atoms with Crippen LogP contribution in [0.2, 0.25) is 5.02 Å². The molecule has 0 fully saturated rings. The Morgan fingerprint density at radius 3 is 2.48 bits per heavy atom. The van der Waals surface area contributed by atoms with E-state index in [1.807, 2.05) is 0 Å². The molecule has 0 aliphatic rings.